The van der Waals surface area contributed by atoms with Crippen LogP contribution in [0.1, 0.15) is 12.1 Å². The Hall–Kier alpha value is -1.68. The maximum absolute atomic E-state index is 12.3. The number of aromatic nitrogens is 2. The van der Waals surface area contributed by atoms with Crippen molar-refractivity contribution in [3.05, 3.63) is 46.9 Å². The largest absolute Gasteiger partial charge is 0.332 e. The number of benzene rings is 1. The first-order valence-corrected chi connectivity index (χ1v) is 11.1. The molecule has 0 saturated carbocycles. The van der Waals surface area contributed by atoms with E-state index in [4.69, 9.17) is 11.6 Å². The summed E-state index contributed by atoms with van der Waals surface area (Å²) in [5, 5.41) is 7.98. The number of rotatable bonds is 8. The van der Waals surface area contributed by atoms with Gasteiger partial charge in [0, 0.05) is 28.5 Å². The van der Waals surface area contributed by atoms with E-state index in [9.17, 15) is 8.42 Å². The molecule has 0 radical (unpaired) electrons. The first-order valence-electron chi connectivity index (χ1n) is 7.36. The summed E-state index contributed by atoms with van der Waals surface area (Å²) in [5.41, 5.74) is 1.77. The molecule has 0 amide bonds. The van der Waals surface area contributed by atoms with E-state index in [0.717, 1.165) is 29.4 Å². The van der Waals surface area contributed by atoms with E-state index < -0.39 is 10.0 Å². The molecule has 0 bridgehead atoms. The Labute approximate surface area is 159 Å². The van der Waals surface area contributed by atoms with E-state index >= 15 is 0 Å². The number of aryl methyl sites for hydroxylation is 1. The average Bonchev–Trinajstić information content (AvgIpc) is 3.25. The fourth-order valence-electron chi connectivity index (χ4n) is 2.02. The molecule has 25 heavy (non-hydrogen) atoms. The van der Waals surface area contributed by atoms with Gasteiger partial charge in [0.15, 0.2) is 10.3 Å². The van der Waals surface area contributed by atoms with Gasteiger partial charge in [-0.1, -0.05) is 0 Å². The summed E-state index contributed by atoms with van der Waals surface area (Å²) >= 11 is 8.42. The van der Waals surface area contributed by atoms with Gasteiger partial charge < -0.3 is 5.32 Å². The number of nitrogens with zero attached hydrogens (tertiary/aromatic N) is 2. The molecule has 2 heterocycles. The quantitative estimate of drug-likeness (QED) is 0.536. The molecule has 6 nitrogen and oxygen atoms in total. The van der Waals surface area contributed by atoms with Gasteiger partial charge in [0.1, 0.15) is 0 Å². The summed E-state index contributed by atoms with van der Waals surface area (Å²) in [6.07, 6.45) is 3.29. The highest BCUT2D eigenvalue weighted by atomic mass is 35.5. The van der Waals surface area contributed by atoms with Gasteiger partial charge in [-0.05, 0) is 37.1 Å². The molecule has 0 spiro atoms. The lowest BCUT2D eigenvalue weighted by molar-refractivity contribution is 0.601. The lowest BCUT2D eigenvalue weighted by Crippen LogP contribution is -2.12. The molecular formula is C15H15ClN4O2S3. The van der Waals surface area contributed by atoms with E-state index in [1.807, 2.05) is 5.38 Å². The fraction of sp³-hybridized carbons (Fsp3) is 0.200. The van der Waals surface area contributed by atoms with E-state index in [0.29, 0.717) is 11.0 Å². The Kier molecular flexibility index (Phi) is 5.89. The fourth-order valence-corrected chi connectivity index (χ4v) is 4.70. The Morgan fingerprint density at radius 1 is 1.12 bits per heavy atom. The third kappa shape index (κ3) is 4.91. The number of alkyl halides is 1. The Morgan fingerprint density at radius 2 is 1.92 bits per heavy atom. The minimum Gasteiger partial charge on any atom is -0.332 e. The number of anilines is 3. The standard InChI is InChI=1S/C15H15ClN4O2S3/c16-7-1-2-12-10-24-15(19-12)18-11-3-5-13(6-4-11)25(21,22)20-14-17-8-9-23-14/h3-6,8-10H,1-2,7H2,(H,17,20)(H,18,19). The van der Waals surface area contributed by atoms with Crippen molar-refractivity contribution in [3.63, 3.8) is 0 Å². The summed E-state index contributed by atoms with van der Waals surface area (Å²) in [7, 11) is -3.63. The van der Waals surface area contributed by atoms with Gasteiger partial charge in [-0.3, -0.25) is 4.72 Å². The second kappa shape index (κ2) is 8.13. The zero-order valence-electron chi connectivity index (χ0n) is 13.0. The Bertz CT molecular complexity index is 909. The summed E-state index contributed by atoms with van der Waals surface area (Å²) in [6, 6.07) is 6.49. The third-order valence-corrected chi connectivity index (χ3v) is 6.43. The van der Waals surface area contributed by atoms with Crippen molar-refractivity contribution in [3.8, 4) is 0 Å². The highest BCUT2D eigenvalue weighted by Crippen LogP contribution is 2.24. The van der Waals surface area contributed by atoms with Crippen molar-refractivity contribution in [2.75, 3.05) is 15.9 Å². The van der Waals surface area contributed by atoms with E-state index in [1.165, 1.54) is 22.7 Å². The second-order valence-corrected chi connectivity index (χ2v) is 8.84. The average molecular weight is 415 g/mol. The van der Waals surface area contributed by atoms with Crippen LogP contribution in [0.15, 0.2) is 46.1 Å². The molecule has 10 heteroatoms. The van der Waals surface area contributed by atoms with Gasteiger partial charge in [-0.15, -0.1) is 34.3 Å². The Morgan fingerprint density at radius 3 is 2.60 bits per heavy atom. The first-order chi connectivity index (χ1) is 12.1. The monoisotopic (exact) mass is 414 g/mol. The minimum absolute atomic E-state index is 0.176. The lowest BCUT2D eigenvalue weighted by Gasteiger charge is -2.07. The van der Waals surface area contributed by atoms with Gasteiger partial charge in [0.05, 0.1) is 10.6 Å². The smallest absolute Gasteiger partial charge is 0.263 e. The molecule has 0 aliphatic carbocycles. The second-order valence-electron chi connectivity index (χ2n) is 5.03. The van der Waals surface area contributed by atoms with Crippen LogP contribution in [0, 0.1) is 0 Å². The highest BCUT2D eigenvalue weighted by Gasteiger charge is 2.15. The van der Waals surface area contributed by atoms with Crippen LogP contribution in [0.4, 0.5) is 16.0 Å². The number of halogens is 1. The van der Waals surface area contributed by atoms with Crippen molar-refractivity contribution in [1.82, 2.24) is 9.97 Å². The van der Waals surface area contributed by atoms with Crippen LogP contribution in [0.25, 0.3) is 0 Å². The molecular weight excluding hydrogens is 400 g/mol. The van der Waals surface area contributed by atoms with Gasteiger partial charge in [-0.2, -0.15) is 0 Å². The van der Waals surface area contributed by atoms with Gasteiger partial charge >= 0.3 is 0 Å². The molecule has 132 valence electrons. The van der Waals surface area contributed by atoms with Crippen molar-refractivity contribution in [2.45, 2.75) is 17.7 Å². The normalized spacial score (nSPS) is 11.4. The molecule has 0 atom stereocenters. The molecule has 0 aliphatic heterocycles. The van der Waals surface area contributed by atoms with E-state index in [-0.39, 0.29) is 4.90 Å². The molecule has 2 N–H and O–H groups in total. The minimum atomic E-state index is -3.63. The topological polar surface area (TPSA) is 84.0 Å². The number of hydrogen-bond acceptors (Lipinski definition) is 7. The molecule has 3 aromatic rings. The number of thiazole rings is 2. The number of hydrogen-bond donors (Lipinski definition) is 2. The molecule has 1 aromatic carbocycles. The van der Waals surface area contributed by atoms with Crippen LogP contribution in [0.3, 0.4) is 0 Å². The molecule has 0 fully saturated rings. The van der Waals surface area contributed by atoms with Crippen LogP contribution >= 0.6 is 34.3 Å². The zero-order valence-corrected chi connectivity index (χ0v) is 16.2. The van der Waals surface area contributed by atoms with Gasteiger partial charge in [-0.25, -0.2) is 18.4 Å². The van der Waals surface area contributed by atoms with Crippen molar-refractivity contribution >= 4 is 60.2 Å². The zero-order chi connectivity index (χ0) is 17.7. The molecule has 0 saturated heterocycles. The summed E-state index contributed by atoms with van der Waals surface area (Å²) < 4.78 is 27.0. The molecule has 0 unspecified atom stereocenters. The van der Waals surface area contributed by atoms with E-state index in [1.54, 1.807) is 35.8 Å². The van der Waals surface area contributed by atoms with E-state index in [2.05, 4.69) is 20.0 Å². The van der Waals surface area contributed by atoms with Crippen LogP contribution in [0.5, 0.6) is 0 Å². The highest BCUT2D eigenvalue weighted by molar-refractivity contribution is 7.93. The predicted molar refractivity (Wildman–Crippen MR) is 104 cm³/mol. The summed E-state index contributed by atoms with van der Waals surface area (Å²) in [5.74, 6) is 0.616. The lowest BCUT2D eigenvalue weighted by atomic mass is 10.3. The van der Waals surface area contributed by atoms with Crippen LogP contribution in [0.2, 0.25) is 0 Å². The molecule has 3 rings (SSSR count). The van der Waals surface area contributed by atoms with Gasteiger partial charge in [0.25, 0.3) is 10.0 Å². The Balaban J connectivity index is 1.66. The molecule has 2 aromatic heterocycles. The SMILES string of the molecule is O=S(=O)(Nc1nccs1)c1ccc(Nc2nc(CCCCl)cs2)cc1. The van der Waals surface area contributed by atoms with Crippen LogP contribution in [-0.2, 0) is 16.4 Å². The number of sulfonamides is 1. The van der Waals surface area contributed by atoms with Crippen molar-refractivity contribution in [1.29, 1.82) is 0 Å². The summed E-state index contributed by atoms with van der Waals surface area (Å²) in [6.45, 7) is 0. The maximum Gasteiger partial charge on any atom is 0.263 e. The van der Waals surface area contributed by atoms with Gasteiger partial charge in [0.2, 0.25) is 0 Å². The van der Waals surface area contributed by atoms with Crippen molar-refractivity contribution in [2.24, 2.45) is 0 Å². The third-order valence-electron chi connectivity index (χ3n) is 3.19. The van der Waals surface area contributed by atoms with Crippen LogP contribution in [-0.4, -0.2) is 24.3 Å². The molecule has 0 aliphatic rings. The predicted octanol–water partition coefficient (Wildman–Crippen LogP) is 4.32. The maximum atomic E-state index is 12.3. The first kappa shape index (κ1) is 18.1. The van der Waals surface area contributed by atoms with Crippen molar-refractivity contribution < 1.29 is 8.42 Å². The van der Waals surface area contributed by atoms with Crippen LogP contribution < -0.4 is 10.0 Å². The summed E-state index contributed by atoms with van der Waals surface area (Å²) in [4.78, 5) is 8.58. The number of nitrogens with one attached hydrogen (secondary N) is 2.